The number of aliphatic hydroxyl groups is 1. The Hall–Kier alpha value is -3.10. The number of ether oxygens (including phenoxy) is 1. The van der Waals surface area contributed by atoms with Crippen molar-refractivity contribution < 1.29 is 37.6 Å². The first kappa shape index (κ1) is 57.9. The van der Waals surface area contributed by atoms with Gasteiger partial charge in [-0.25, -0.2) is 4.57 Å². The number of phosphoric ester groups is 1. The van der Waals surface area contributed by atoms with Crippen LogP contribution in [0.25, 0.3) is 0 Å². The van der Waals surface area contributed by atoms with Crippen molar-refractivity contribution in [1.82, 2.24) is 0 Å². The van der Waals surface area contributed by atoms with Crippen molar-refractivity contribution in [2.45, 2.75) is 154 Å². The molecule has 0 aliphatic rings. The number of phosphoric acid groups is 1. The zero-order valence-electron chi connectivity index (χ0n) is 38.8. The van der Waals surface area contributed by atoms with Gasteiger partial charge in [0, 0.05) is 6.42 Å². The minimum Gasteiger partial charge on any atom is -0.463 e. The minimum absolute atomic E-state index is 0.0484. The number of quaternary nitrogens is 1. The molecule has 0 aromatic rings. The maximum absolute atomic E-state index is 12.0. The number of unbranched alkanes of at least 4 members (excludes halogenated alkanes) is 10. The second-order valence-electron chi connectivity index (χ2n) is 16.3. The van der Waals surface area contributed by atoms with Gasteiger partial charge in [0.15, 0.2) is 0 Å². The highest BCUT2D eigenvalue weighted by molar-refractivity contribution is 7.47. The molecule has 2 unspecified atom stereocenters. The quantitative estimate of drug-likeness (QED) is 0.0207. The normalized spacial score (nSPS) is 14.8. The van der Waals surface area contributed by atoms with Gasteiger partial charge in [-0.2, -0.15) is 0 Å². The number of carbonyl (C=O) groups is 1. The Morgan fingerprint density at radius 2 is 0.852 bits per heavy atom. The number of hydrogen-bond acceptors (Lipinski definition) is 6. The van der Waals surface area contributed by atoms with Crippen LogP contribution < -0.4 is 0 Å². The van der Waals surface area contributed by atoms with Gasteiger partial charge in [0.05, 0.1) is 27.7 Å². The average Bonchev–Trinajstić information content (AvgIpc) is 3.22. The van der Waals surface area contributed by atoms with Crippen LogP contribution in [0.15, 0.2) is 122 Å². The van der Waals surface area contributed by atoms with Gasteiger partial charge < -0.3 is 19.2 Å². The van der Waals surface area contributed by atoms with Gasteiger partial charge in [-0.15, -0.1) is 0 Å². The molecule has 2 atom stereocenters. The summed E-state index contributed by atoms with van der Waals surface area (Å²) < 4.78 is 27.2. The summed E-state index contributed by atoms with van der Waals surface area (Å²) in [7, 11) is 1.54. The van der Waals surface area contributed by atoms with Crippen LogP contribution in [0, 0.1) is 0 Å². The maximum Gasteiger partial charge on any atom is 0.472 e. The van der Waals surface area contributed by atoms with E-state index in [1.54, 1.807) is 0 Å². The third-order valence-corrected chi connectivity index (χ3v) is 10.2. The van der Waals surface area contributed by atoms with Crippen molar-refractivity contribution in [2.75, 3.05) is 47.5 Å². The number of carbonyl (C=O) groups excluding carboxylic acids is 1. The highest BCUT2D eigenvalue weighted by Gasteiger charge is 2.24. The molecule has 0 spiro atoms. The zero-order valence-corrected chi connectivity index (χ0v) is 39.7. The molecule has 0 saturated heterocycles. The fourth-order valence-electron chi connectivity index (χ4n) is 5.63. The first-order valence-electron chi connectivity index (χ1n) is 23.3. The van der Waals surface area contributed by atoms with Crippen LogP contribution in [0.4, 0.5) is 0 Å². The summed E-state index contributed by atoms with van der Waals surface area (Å²) >= 11 is 0. The summed E-state index contributed by atoms with van der Waals surface area (Å²) in [4.78, 5) is 21.7. The Labute approximate surface area is 373 Å². The minimum atomic E-state index is -4.26. The third kappa shape index (κ3) is 49.4. The molecule has 9 heteroatoms. The van der Waals surface area contributed by atoms with Gasteiger partial charge >= 0.3 is 13.8 Å². The third-order valence-electron chi connectivity index (χ3n) is 9.24. The second-order valence-corrected chi connectivity index (χ2v) is 17.7. The molecule has 8 nitrogen and oxygen atoms in total. The lowest BCUT2D eigenvalue weighted by molar-refractivity contribution is -0.870. The van der Waals surface area contributed by atoms with E-state index in [2.05, 4.69) is 128 Å². The summed E-state index contributed by atoms with van der Waals surface area (Å²) in [5.74, 6) is -0.382. The molecule has 0 aliphatic carbocycles. The van der Waals surface area contributed by atoms with E-state index < -0.39 is 20.5 Å². The van der Waals surface area contributed by atoms with Crippen LogP contribution >= 0.6 is 7.82 Å². The van der Waals surface area contributed by atoms with Crippen LogP contribution in [-0.4, -0.2) is 74.1 Å². The molecule has 0 fully saturated rings. The van der Waals surface area contributed by atoms with E-state index >= 15 is 0 Å². The standard InChI is InChI=1S/C52H86NO7P/c1-5-6-7-8-9-10-11-12-13-14-15-16-17-18-19-20-21-22-23-24-25-26-27-28-29-30-31-32-33-34-35-36-37-38-39-40-41-42-43-44-45-46-52(55)58-49-51(54)50-60-61(56,57)59-48-47-53(2,3)4/h6-7,9-10,12-13,15-16,18-19,21-22,24-25,27-28,30-31,33-34,51,54H,5,8,11,14,17,20,23,26,29,32,35-50H2,1-4H3/p+1/b7-6-,10-9-,13-12-,16-15-,19-18-,22-21-,25-24-,28-27-,31-30-,34-33-. The van der Waals surface area contributed by atoms with Crippen LogP contribution in [0.2, 0.25) is 0 Å². The number of hydrogen-bond donors (Lipinski definition) is 2. The molecule has 0 radical (unpaired) electrons. The van der Waals surface area contributed by atoms with E-state index in [4.69, 9.17) is 13.8 Å². The summed E-state index contributed by atoms with van der Waals surface area (Å²) in [6.45, 7) is 2.00. The van der Waals surface area contributed by atoms with Crippen molar-refractivity contribution in [3.8, 4) is 0 Å². The molecule has 346 valence electrons. The molecule has 0 saturated carbocycles. The SMILES string of the molecule is CC/C=C\C/C=C\C/C=C\C/C=C\C/C=C\C/C=C\C/C=C\C/C=C\C/C=C\C/C=C\CCCCCCCCCCCCC(=O)OCC(O)COP(=O)(O)OCC[N+](C)(C)C. The Kier molecular flexibility index (Phi) is 41.3. The largest absolute Gasteiger partial charge is 0.472 e. The van der Waals surface area contributed by atoms with Crippen molar-refractivity contribution in [3.63, 3.8) is 0 Å². The van der Waals surface area contributed by atoms with Crippen LogP contribution in [0.5, 0.6) is 0 Å². The molecule has 0 heterocycles. The van der Waals surface area contributed by atoms with E-state index in [1.165, 1.54) is 44.9 Å². The summed E-state index contributed by atoms with van der Waals surface area (Å²) in [5, 5.41) is 9.92. The summed E-state index contributed by atoms with van der Waals surface area (Å²) in [6.07, 6.45) is 66.8. The lowest BCUT2D eigenvalue weighted by Gasteiger charge is -2.24. The molecule has 61 heavy (non-hydrogen) atoms. The van der Waals surface area contributed by atoms with E-state index in [-0.39, 0.29) is 19.2 Å². The predicted molar refractivity (Wildman–Crippen MR) is 260 cm³/mol. The molecule has 0 bridgehead atoms. The van der Waals surface area contributed by atoms with Gasteiger partial charge in [0.1, 0.15) is 25.9 Å². The van der Waals surface area contributed by atoms with Gasteiger partial charge in [0.2, 0.25) is 0 Å². The van der Waals surface area contributed by atoms with Gasteiger partial charge in [-0.05, 0) is 83.5 Å². The Morgan fingerprint density at radius 3 is 1.23 bits per heavy atom. The number of aliphatic hydroxyl groups excluding tert-OH is 1. The van der Waals surface area contributed by atoms with E-state index in [0.717, 1.165) is 89.9 Å². The lowest BCUT2D eigenvalue weighted by Crippen LogP contribution is -2.37. The van der Waals surface area contributed by atoms with Crippen LogP contribution in [0.3, 0.4) is 0 Å². The van der Waals surface area contributed by atoms with Crippen molar-refractivity contribution in [2.24, 2.45) is 0 Å². The predicted octanol–water partition coefficient (Wildman–Crippen LogP) is 13.9. The highest BCUT2D eigenvalue weighted by Crippen LogP contribution is 2.43. The molecule has 0 amide bonds. The number of esters is 1. The molecular formula is C52H87NO7P+. The fourth-order valence-corrected chi connectivity index (χ4v) is 6.37. The van der Waals surface area contributed by atoms with Crippen molar-refractivity contribution in [3.05, 3.63) is 122 Å². The summed E-state index contributed by atoms with van der Waals surface area (Å²) in [6, 6.07) is 0. The van der Waals surface area contributed by atoms with Gasteiger partial charge in [0.25, 0.3) is 0 Å². The van der Waals surface area contributed by atoms with Crippen LogP contribution in [-0.2, 0) is 23.1 Å². The van der Waals surface area contributed by atoms with E-state index in [1.807, 2.05) is 21.1 Å². The lowest BCUT2D eigenvalue weighted by atomic mass is 10.1. The monoisotopic (exact) mass is 869 g/mol. The molecule has 0 aromatic heterocycles. The first-order valence-corrected chi connectivity index (χ1v) is 24.8. The van der Waals surface area contributed by atoms with Crippen molar-refractivity contribution >= 4 is 13.8 Å². The fraction of sp³-hybridized carbons (Fsp3) is 0.596. The Morgan fingerprint density at radius 1 is 0.508 bits per heavy atom. The number of likely N-dealkylation sites (N-methyl/N-ethyl adjacent to an activating group) is 1. The van der Waals surface area contributed by atoms with Crippen LogP contribution in [0.1, 0.15) is 148 Å². The Balaban J connectivity index is 3.57. The first-order chi connectivity index (χ1) is 29.6. The average molecular weight is 869 g/mol. The summed E-state index contributed by atoms with van der Waals surface area (Å²) in [5.41, 5.74) is 0. The number of rotatable bonds is 41. The zero-order chi connectivity index (χ0) is 44.8. The molecule has 0 rings (SSSR count). The molecular weight excluding hydrogens is 782 g/mol. The second kappa shape index (κ2) is 43.5. The van der Waals surface area contributed by atoms with E-state index in [9.17, 15) is 19.4 Å². The smallest absolute Gasteiger partial charge is 0.463 e. The highest BCUT2D eigenvalue weighted by atomic mass is 31.2. The van der Waals surface area contributed by atoms with Crippen molar-refractivity contribution in [1.29, 1.82) is 0 Å². The van der Waals surface area contributed by atoms with Gasteiger partial charge in [-0.1, -0.05) is 180 Å². The van der Waals surface area contributed by atoms with E-state index in [0.29, 0.717) is 17.4 Å². The Bertz CT molecular complexity index is 1380. The van der Waals surface area contributed by atoms with Gasteiger partial charge in [-0.3, -0.25) is 13.8 Å². The maximum atomic E-state index is 12.0. The molecule has 2 N–H and O–H groups in total. The molecule has 0 aromatic carbocycles. The molecule has 0 aliphatic heterocycles. The number of nitrogens with zero attached hydrogens (tertiary/aromatic N) is 1. The number of allylic oxidation sites excluding steroid dienone is 20. The topological polar surface area (TPSA) is 102 Å².